The molecule has 0 N–H and O–H groups in total. The molecule has 3 aromatic rings. The van der Waals surface area contributed by atoms with E-state index in [1.807, 2.05) is 42.3 Å². The van der Waals surface area contributed by atoms with Gasteiger partial charge >= 0.3 is 0 Å². The standard InChI is InChI=1S/C24H26N2O2/c1-26(16-19-6-3-9-21-20(19)8-4-10-23(21)28-2)24(27)15-17-11-12-22-18(14-17)7-5-13-25-22/h4-5,7-8,10-14,19H,3,6,9,15-16H2,1-2H3/t19-/m0/s1. The molecule has 0 spiro atoms. The van der Waals surface area contributed by atoms with Crippen LogP contribution < -0.4 is 4.74 Å². The third-order valence-electron chi connectivity index (χ3n) is 5.75. The summed E-state index contributed by atoms with van der Waals surface area (Å²) in [6, 6.07) is 16.3. The fourth-order valence-corrected chi connectivity index (χ4v) is 4.27. The summed E-state index contributed by atoms with van der Waals surface area (Å²) in [5.41, 5.74) is 4.63. The molecule has 1 heterocycles. The Morgan fingerprint density at radius 2 is 2.11 bits per heavy atom. The zero-order valence-corrected chi connectivity index (χ0v) is 16.5. The quantitative estimate of drug-likeness (QED) is 0.666. The predicted octanol–water partition coefficient (Wildman–Crippen LogP) is 4.36. The van der Waals surface area contributed by atoms with Crippen LogP contribution in [-0.2, 0) is 17.6 Å². The number of amides is 1. The van der Waals surface area contributed by atoms with Gasteiger partial charge in [-0.25, -0.2) is 0 Å². The van der Waals surface area contributed by atoms with E-state index in [1.54, 1.807) is 13.3 Å². The smallest absolute Gasteiger partial charge is 0.226 e. The first kappa shape index (κ1) is 18.5. The van der Waals surface area contributed by atoms with Gasteiger partial charge < -0.3 is 9.64 Å². The van der Waals surface area contributed by atoms with Gasteiger partial charge in [-0.1, -0.05) is 24.3 Å². The summed E-state index contributed by atoms with van der Waals surface area (Å²) in [7, 11) is 3.65. The highest BCUT2D eigenvalue weighted by atomic mass is 16.5. The van der Waals surface area contributed by atoms with E-state index in [0.29, 0.717) is 12.3 Å². The van der Waals surface area contributed by atoms with Crippen LogP contribution in [0.3, 0.4) is 0 Å². The fraction of sp³-hybridized carbons (Fsp3) is 0.333. The number of hydrogen-bond acceptors (Lipinski definition) is 3. The Labute approximate surface area is 166 Å². The first-order valence-corrected chi connectivity index (χ1v) is 9.89. The molecule has 4 nitrogen and oxygen atoms in total. The van der Waals surface area contributed by atoms with Crippen LogP contribution in [0.5, 0.6) is 5.75 Å². The maximum Gasteiger partial charge on any atom is 0.226 e. The zero-order valence-electron chi connectivity index (χ0n) is 16.5. The van der Waals surface area contributed by atoms with Crippen LogP contribution in [0.1, 0.15) is 35.4 Å². The average Bonchev–Trinajstić information content (AvgIpc) is 2.73. The first-order valence-electron chi connectivity index (χ1n) is 9.89. The molecule has 0 radical (unpaired) electrons. The minimum Gasteiger partial charge on any atom is -0.496 e. The number of likely N-dealkylation sites (N-methyl/N-ethyl adjacent to an activating group) is 1. The van der Waals surface area contributed by atoms with Crippen LogP contribution in [0.2, 0.25) is 0 Å². The molecule has 0 unspecified atom stereocenters. The van der Waals surface area contributed by atoms with Gasteiger partial charge in [-0.15, -0.1) is 0 Å². The second-order valence-electron chi connectivity index (χ2n) is 7.60. The monoisotopic (exact) mass is 374 g/mol. The maximum atomic E-state index is 12.8. The van der Waals surface area contributed by atoms with Gasteiger partial charge in [0.2, 0.25) is 5.91 Å². The van der Waals surface area contributed by atoms with E-state index < -0.39 is 0 Å². The third-order valence-corrected chi connectivity index (χ3v) is 5.75. The molecule has 0 aliphatic heterocycles. The van der Waals surface area contributed by atoms with Crippen molar-refractivity contribution in [2.45, 2.75) is 31.6 Å². The first-order chi connectivity index (χ1) is 13.7. The van der Waals surface area contributed by atoms with Gasteiger partial charge in [0.05, 0.1) is 19.0 Å². The highest BCUT2D eigenvalue weighted by Crippen LogP contribution is 2.37. The van der Waals surface area contributed by atoms with Crippen LogP contribution in [0.15, 0.2) is 54.7 Å². The third kappa shape index (κ3) is 3.72. The topological polar surface area (TPSA) is 42.4 Å². The molecule has 1 atom stereocenters. The van der Waals surface area contributed by atoms with E-state index in [1.165, 1.54) is 11.1 Å². The molecular weight excluding hydrogens is 348 g/mol. The molecule has 1 aliphatic rings. The second-order valence-corrected chi connectivity index (χ2v) is 7.60. The number of methoxy groups -OCH3 is 1. The highest BCUT2D eigenvalue weighted by Gasteiger charge is 2.25. The summed E-state index contributed by atoms with van der Waals surface area (Å²) in [6.07, 6.45) is 5.51. The van der Waals surface area contributed by atoms with Crippen molar-refractivity contribution in [2.24, 2.45) is 0 Å². The van der Waals surface area contributed by atoms with E-state index in [9.17, 15) is 4.79 Å². The number of benzene rings is 2. The van der Waals surface area contributed by atoms with Gasteiger partial charge in [0, 0.05) is 31.1 Å². The predicted molar refractivity (Wildman–Crippen MR) is 112 cm³/mol. The second kappa shape index (κ2) is 8.01. The Hall–Kier alpha value is -2.88. The van der Waals surface area contributed by atoms with Gasteiger partial charge in [0.15, 0.2) is 0 Å². The summed E-state index contributed by atoms with van der Waals surface area (Å²) < 4.78 is 5.54. The zero-order chi connectivity index (χ0) is 19.5. The van der Waals surface area contributed by atoms with Crippen molar-refractivity contribution in [1.29, 1.82) is 0 Å². The average molecular weight is 374 g/mol. The lowest BCUT2D eigenvalue weighted by Gasteiger charge is -2.30. The summed E-state index contributed by atoms with van der Waals surface area (Å²) in [5, 5.41) is 1.07. The van der Waals surface area contributed by atoms with Gasteiger partial charge in [-0.2, -0.15) is 0 Å². The molecule has 0 saturated carbocycles. The van der Waals surface area contributed by atoms with Crippen molar-refractivity contribution in [2.75, 3.05) is 20.7 Å². The molecule has 4 heteroatoms. The Kier molecular flexibility index (Phi) is 5.29. The van der Waals surface area contributed by atoms with Gasteiger partial charge in [-0.3, -0.25) is 9.78 Å². The van der Waals surface area contributed by atoms with Crippen molar-refractivity contribution in [3.63, 3.8) is 0 Å². The number of ether oxygens (including phenoxy) is 1. The Morgan fingerprint density at radius 1 is 1.21 bits per heavy atom. The number of nitrogens with zero attached hydrogens (tertiary/aromatic N) is 2. The molecule has 1 aromatic heterocycles. The van der Waals surface area contributed by atoms with E-state index in [2.05, 4.69) is 23.2 Å². The SMILES string of the molecule is COc1cccc2c1CCC[C@H]2CN(C)C(=O)Cc1ccc2ncccc2c1. The number of carbonyl (C=O) groups is 1. The number of rotatable bonds is 5. The molecule has 144 valence electrons. The fourth-order valence-electron chi connectivity index (χ4n) is 4.27. The number of aromatic nitrogens is 1. The van der Waals surface area contributed by atoms with Crippen LogP contribution in [0.4, 0.5) is 0 Å². The number of carbonyl (C=O) groups excluding carboxylic acids is 1. The minimum atomic E-state index is 0.151. The summed E-state index contributed by atoms with van der Waals surface area (Å²) in [6.45, 7) is 0.744. The molecular formula is C24H26N2O2. The Balaban J connectivity index is 1.46. The lowest BCUT2D eigenvalue weighted by atomic mass is 9.82. The lowest BCUT2D eigenvalue weighted by molar-refractivity contribution is -0.129. The molecule has 2 aromatic carbocycles. The lowest BCUT2D eigenvalue weighted by Crippen LogP contribution is -2.33. The summed E-state index contributed by atoms with van der Waals surface area (Å²) in [4.78, 5) is 19.1. The molecule has 4 rings (SSSR count). The summed E-state index contributed by atoms with van der Waals surface area (Å²) >= 11 is 0. The van der Waals surface area contributed by atoms with Crippen molar-refractivity contribution >= 4 is 16.8 Å². The van der Waals surface area contributed by atoms with Crippen LogP contribution >= 0.6 is 0 Å². The van der Waals surface area contributed by atoms with Crippen LogP contribution in [-0.4, -0.2) is 36.5 Å². The van der Waals surface area contributed by atoms with E-state index in [-0.39, 0.29) is 5.91 Å². The Morgan fingerprint density at radius 3 is 2.96 bits per heavy atom. The molecule has 0 bridgehead atoms. The largest absolute Gasteiger partial charge is 0.496 e. The maximum absolute atomic E-state index is 12.8. The van der Waals surface area contributed by atoms with Gasteiger partial charge in [0.1, 0.15) is 5.75 Å². The van der Waals surface area contributed by atoms with E-state index in [0.717, 1.165) is 48.0 Å². The molecule has 28 heavy (non-hydrogen) atoms. The molecule has 1 amide bonds. The highest BCUT2D eigenvalue weighted by molar-refractivity contribution is 5.83. The molecule has 0 fully saturated rings. The minimum absolute atomic E-state index is 0.151. The van der Waals surface area contributed by atoms with Gasteiger partial charge in [-0.05, 0) is 60.2 Å². The number of fused-ring (bicyclic) bond motifs is 2. The van der Waals surface area contributed by atoms with E-state index >= 15 is 0 Å². The van der Waals surface area contributed by atoms with Crippen LogP contribution in [0.25, 0.3) is 10.9 Å². The van der Waals surface area contributed by atoms with Crippen LogP contribution in [0, 0.1) is 0 Å². The van der Waals surface area contributed by atoms with E-state index in [4.69, 9.17) is 4.74 Å². The molecule has 0 saturated heterocycles. The van der Waals surface area contributed by atoms with Crippen molar-refractivity contribution in [3.05, 3.63) is 71.4 Å². The van der Waals surface area contributed by atoms with Gasteiger partial charge in [0.25, 0.3) is 0 Å². The summed E-state index contributed by atoms with van der Waals surface area (Å²) in [5.74, 6) is 1.49. The van der Waals surface area contributed by atoms with Crippen molar-refractivity contribution in [1.82, 2.24) is 9.88 Å². The number of hydrogen-bond donors (Lipinski definition) is 0. The molecule has 1 aliphatic carbocycles. The van der Waals surface area contributed by atoms with Crippen molar-refractivity contribution in [3.8, 4) is 5.75 Å². The normalized spacial score (nSPS) is 15.9. The number of pyridine rings is 1. The van der Waals surface area contributed by atoms with Crippen molar-refractivity contribution < 1.29 is 9.53 Å². The Bertz CT molecular complexity index is 999.